The van der Waals surface area contributed by atoms with Crippen molar-refractivity contribution in [2.45, 2.75) is 19.8 Å². The van der Waals surface area contributed by atoms with Crippen molar-refractivity contribution in [1.29, 1.82) is 0 Å². The molecule has 0 unspecified atom stereocenters. The minimum Gasteiger partial charge on any atom is -0.496 e. The Hall–Kier alpha value is -2.17. The van der Waals surface area contributed by atoms with Crippen LogP contribution in [0.1, 0.15) is 25.3 Å². The Morgan fingerprint density at radius 1 is 1.10 bits per heavy atom. The lowest BCUT2D eigenvalue weighted by Gasteiger charge is -2.12. The molecule has 1 rings (SSSR count). The van der Waals surface area contributed by atoms with Gasteiger partial charge in [-0.15, -0.1) is 0 Å². The largest absolute Gasteiger partial charge is 0.496 e. The summed E-state index contributed by atoms with van der Waals surface area (Å²) in [5.41, 5.74) is 0.660. The summed E-state index contributed by atoms with van der Waals surface area (Å²) in [7, 11) is 4.66. The van der Waals surface area contributed by atoms with E-state index in [1.807, 2.05) is 6.92 Å². The van der Waals surface area contributed by atoms with Gasteiger partial charge in [-0.3, -0.25) is 0 Å². The van der Waals surface area contributed by atoms with Crippen LogP contribution in [0.4, 0.5) is 0 Å². The van der Waals surface area contributed by atoms with Crippen LogP contribution in [-0.2, 0) is 9.53 Å². The number of unbranched alkanes of at least 4 members (excludes halogenated alkanes) is 1. The molecule has 0 fully saturated rings. The van der Waals surface area contributed by atoms with E-state index >= 15 is 0 Å². The predicted molar refractivity (Wildman–Crippen MR) is 81.0 cm³/mol. The predicted octanol–water partition coefficient (Wildman–Crippen LogP) is 3.07. The van der Waals surface area contributed by atoms with Crippen LogP contribution in [-0.4, -0.2) is 33.9 Å². The fourth-order valence-electron chi connectivity index (χ4n) is 1.71. The third-order valence-corrected chi connectivity index (χ3v) is 2.88. The van der Waals surface area contributed by atoms with Crippen LogP contribution in [0.2, 0.25) is 0 Å². The Morgan fingerprint density at radius 3 is 2.19 bits per heavy atom. The molecule has 5 heteroatoms. The average Bonchev–Trinajstić information content (AvgIpc) is 2.52. The van der Waals surface area contributed by atoms with Crippen LogP contribution in [0.25, 0.3) is 6.08 Å². The molecule has 0 saturated carbocycles. The van der Waals surface area contributed by atoms with E-state index in [9.17, 15) is 4.79 Å². The molecule has 0 radical (unpaired) electrons. The molecule has 0 saturated heterocycles. The maximum Gasteiger partial charge on any atom is 0.330 e. The third-order valence-electron chi connectivity index (χ3n) is 2.88. The van der Waals surface area contributed by atoms with Crippen LogP contribution in [0, 0.1) is 0 Å². The average molecular weight is 294 g/mol. The maximum absolute atomic E-state index is 11.6. The van der Waals surface area contributed by atoms with E-state index in [2.05, 4.69) is 0 Å². The lowest BCUT2D eigenvalue weighted by atomic mass is 10.1. The van der Waals surface area contributed by atoms with Gasteiger partial charge < -0.3 is 18.9 Å². The number of carbonyl (C=O) groups excluding carboxylic acids is 1. The maximum atomic E-state index is 11.6. The minimum atomic E-state index is -0.386. The SMILES string of the molecule is CCCCOC(=O)C=Cc1c(OC)cc(OC)cc1OC. The lowest BCUT2D eigenvalue weighted by Crippen LogP contribution is -2.02. The van der Waals surface area contributed by atoms with Crippen molar-refractivity contribution in [2.24, 2.45) is 0 Å². The zero-order chi connectivity index (χ0) is 15.7. The smallest absolute Gasteiger partial charge is 0.330 e. The molecule has 0 aliphatic carbocycles. The van der Waals surface area contributed by atoms with Crippen molar-refractivity contribution in [1.82, 2.24) is 0 Å². The molecule has 0 aliphatic heterocycles. The Labute approximate surface area is 125 Å². The summed E-state index contributed by atoms with van der Waals surface area (Å²) >= 11 is 0. The molecule has 0 aromatic heterocycles. The van der Waals surface area contributed by atoms with Crippen LogP contribution in [0.3, 0.4) is 0 Å². The number of benzene rings is 1. The number of esters is 1. The van der Waals surface area contributed by atoms with Crippen molar-refractivity contribution in [3.05, 3.63) is 23.8 Å². The molecule has 1 aromatic rings. The second-order valence-electron chi connectivity index (χ2n) is 4.30. The first kappa shape index (κ1) is 16.9. The van der Waals surface area contributed by atoms with Crippen LogP contribution < -0.4 is 14.2 Å². The minimum absolute atomic E-state index is 0.386. The summed E-state index contributed by atoms with van der Waals surface area (Å²) in [6.07, 6.45) is 4.82. The second kappa shape index (κ2) is 8.89. The number of carbonyl (C=O) groups is 1. The van der Waals surface area contributed by atoms with Gasteiger partial charge in [0.1, 0.15) is 17.2 Å². The van der Waals surface area contributed by atoms with Crippen molar-refractivity contribution < 1.29 is 23.7 Å². The van der Waals surface area contributed by atoms with Crippen molar-refractivity contribution in [3.8, 4) is 17.2 Å². The van der Waals surface area contributed by atoms with Crippen LogP contribution in [0.5, 0.6) is 17.2 Å². The summed E-state index contributed by atoms with van der Waals surface area (Å²) < 4.78 is 20.8. The molecule has 0 spiro atoms. The van der Waals surface area contributed by atoms with Gasteiger partial charge in [0.2, 0.25) is 0 Å². The van der Waals surface area contributed by atoms with Gasteiger partial charge in [-0.05, 0) is 12.5 Å². The Kier molecular flexibility index (Phi) is 7.15. The van der Waals surface area contributed by atoms with Gasteiger partial charge in [0.25, 0.3) is 0 Å². The summed E-state index contributed by atoms with van der Waals surface area (Å²) in [6.45, 7) is 2.47. The number of hydrogen-bond acceptors (Lipinski definition) is 5. The first-order chi connectivity index (χ1) is 10.2. The molecule has 21 heavy (non-hydrogen) atoms. The number of ether oxygens (including phenoxy) is 4. The second-order valence-corrected chi connectivity index (χ2v) is 4.30. The van der Waals surface area contributed by atoms with E-state index in [1.54, 1.807) is 39.5 Å². The molecule has 0 aliphatic rings. The fraction of sp³-hybridized carbons (Fsp3) is 0.438. The number of hydrogen-bond donors (Lipinski definition) is 0. The lowest BCUT2D eigenvalue weighted by molar-refractivity contribution is -0.137. The highest BCUT2D eigenvalue weighted by Gasteiger charge is 2.11. The fourth-order valence-corrected chi connectivity index (χ4v) is 1.71. The standard InChI is InChI=1S/C16H22O5/c1-5-6-9-21-16(17)8-7-13-14(19-3)10-12(18-2)11-15(13)20-4/h7-8,10-11H,5-6,9H2,1-4H3. The van der Waals surface area contributed by atoms with E-state index in [-0.39, 0.29) is 5.97 Å². The molecule has 116 valence electrons. The van der Waals surface area contributed by atoms with Gasteiger partial charge in [-0.25, -0.2) is 4.79 Å². The first-order valence-electron chi connectivity index (χ1n) is 6.81. The van der Waals surface area contributed by atoms with Crippen LogP contribution in [0.15, 0.2) is 18.2 Å². The van der Waals surface area contributed by atoms with E-state index in [4.69, 9.17) is 18.9 Å². The van der Waals surface area contributed by atoms with E-state index in [1.165, 1.54) is 6.08 Å². The molecule has 0 amide bonds. The molecule has 0 N–H and O–H groups in total. The van der Waals surface area contributed by atoms with Gasteiger partial charge in [0.15, 0.2) is 0 Å². The third kappa shape index (κ3) is 5.02. The Morgan fingerprint density at radius 2 is 1.71 bits per heavy atom. The van der Waals surface area contributed by atoms with E-state index in [0.717, 1.165) is 12.8 Å². The molecule has 1 aromatic carbocycles. The molecule has 0 heterocycles. The molecular formula is C16H22O5. The molecule has 0 atom stereocenters. The quantitative estimate of drug-likeness (QED) is 0.419. The Balaban J connectivity index is 2.92. The summed E-state index contributed by atoms with van der Waals surface area (Å²) in [6, 6.07) is 3.45. The zero-order valence-corrected chi connectivity index (χ0v) is 13.0. The summed E-state index contributed by atoms with van der Waals surface area (Å²) in [5, 5.41) is 0. The topological polar surface area (TPSA) is 54.0 Å². The highest BCUT2D eigenvalue weighted by atomic mass is 16.5. The number of methoxy groups -OCH3 is 3. The highest BCUT2D eigenvalue weighted by molar-refractivity contribution is 5.88. The molecule has 5 nitrogen and oxygen atoms in total. The zero-order valence-electron chi connectivity index (χ0n) is 13.0. The monoisotopic (exact) mass is 294 g/mol. The van der Waals surface area contributed by atoms with Crippen molar-refractivity contribution in [3.63, 3.8) is 0 Å². The first-order valence-corrected chi connectivity index (χ1v) is 6.81. The number of rotatable bonds is 8. The Bertz CT molecular complexity index is 468. The van der Waals surface area contributed by atoms with Gasteiger partial charge in [-0.2, -0.15) is 0 Å². The van der Waals surface area contributed by atoms with Gasteiger partial charge >= 0.3 is 5.97 Å². The summed E-state index contributed by atoms with van der Waals surface area (Å²) in [4.78, 5) is 11.6. The van der Waals surface area contributed by atoms with Crippen molar-refractivity contribution in [2.75, 3.05) is 27.9 Å². The van der Waals surface area contributed by atoms with Crippen molar-refractivity contribution >= 4 is 12.0 Å². The normalized spacial score (nSPS) is 10.5. The summed E-state index contributed by atoms with van der Waals surface area (Å²) in [5.74, 6) is 1.35. The van der Waals surface area contributed by atoms with E-state index < -0.39 is 0 Å². The van der Waals surface area contributed by atoms with Crippen LogP contribution >= 0.6 is 0 Å². The molecular weight excluding hydrogens is 272 g/mol. The van der Waals surface area contributed by atoms with Gasteiger partial charge in [-0.1, -0.05) is 13.3 Å². The van der Waals surface area contributed by atoms with Gasteiger partial charge in [0.05, 0.1) is 33.5 Å². The molecule has 0 bridgehead atoms. The van der Waals surface area contributed by atoms with E-state index in [0.29, 0.717) is 29.4 Å². The highest BCUT2D eigenvalue weighted by Crippen LogP contribution is 2.34. The van der Waals surface area contributed by atoms with Gasteiger partial charge in [0, 0.05) is 18.2 Å².